The molecule has 2 amide bonds. The molecule has 1 aromatic heterocycles. The second kappa shape index (κ2) is 9.54. The molecule has 33 heavy (non-hydrogen) atoms. The molecule has 0 aliphatic carbocycles. The van der Waals surface area contributed by atoms with Crippen molar-refractivity contribution in [1.82, 2.24) is 5.16 Å². The topological polar surface area (TPSA) is 102 Å². The number of aromatic hydroxyl groups is 1. The van der Waals surface area contributed by atoms with Gasteiger partial charge in [-0.1, -0.05) is 35.0 Å². The van der Waals surface area contributed by atoms with Gasteiger partial charge in [-0.25, -0.2) is 9.59 Å². The largest absolute Gasteiger partial charge is 0.508 e. The first kappa shape index (κ1) is 24.1. The molecule has 0 radical (unpaired) electrons. The molecule has 9 heteroatoms. The Morgan fingerprint density at radius 2 is 1.73 bits per heavy atom. The number of ether oxygens (including phenoxy) is 2. The molecule has 1 heterocycles. The van der Waals surface area contributed by atoms with Gasteiger partial charge in [-0.2, -0.15) is 4.90 Å². The first-order chi connectivity index (χ1) is 15.5. The summed E-state index contributed by atoms with van der Waals surface area (Å²) < 4.78 is 16.5. The number of carbonyl (C=O) groups excluding carboxylic acids is 2. The molecular weight excluding hydrogens is 448 g/mol. The van der Waals surface area contributed by atoms with Crippen LogP contribution in [-0.2, 0) is 9.47 Å². The predicted molar refractivity (Wildman–Crippen MR) is 123 cm³/mol. The Balaban J connectivity index is 2.03. The minimum Gasteiger partial charge on any atom is -0.508 e. The van der Waals surface area contributed by atoms with E-state index in [9.17, 15) is 14.7 Å². The molecule has 0 saturated carbocycles. The predicted octanol–water partition coefficient (Wildman–Crippen LogP) is 6.65. The molecule has 0 spiro atoms. The van der Waals surface area contributed by atoms with Crippen molar-refractivity contribution in [3.05, 3.63) is 64.8 Å². The summed E-state index contributed by atoms with van der Waals surface area (Å²) in [5.41, 5.74) is 0.534. The summed E-state index contributed by atoms with van der Waals surface area (Å²) in [6.45, 7) is 8.28. The lowest BCUT2D eigenvalue weighted by Crippen LogP contribution is -2.42. The van der Waals surface area contributed by atoms with Crippen LogP contribution in [-0.4, -0.2) is 28.1 Å². The molecule has 0 unspecified atom stereocenters. The molecule has 1 N–H and O–H groups in total. The molecule has 1 atom stereocenters. The van der Waals surface area contributed by atoms with Crippen LogP contribution < -0.4 is 4.90 Å². The third kappa shape index (κ3) is 5.64. The number of amides is 2. The number of hydrogen-bond donors (Lipinski definition) is 1. The summed E-state index contributed by atoms with van der Waals surface area (Å²) in [6, 6.07) is 13.0. The van der Waals surface area contributed by atoms with Crippen molar-refractivity contribution in [3.63, 3.8) is 0 Å². The van der Waals surface area contributed by atoms with E-state index in [2.05, 4.69) is 5.16 Å². The number of carbonyl (C=O) groups is 2. The van der Waals surface area contributed by atoms with Gasteiger partial charge in [0.2, 0.25) is 0 Å². The standard InChI is InChI=1S/C24H25ClN2O6/c1-14-20(21(33-26-14)16-10-12-17(28)13-11-16)27(23(30)32-24(3,4)5)22(29)31-15(2)18-8-6-7-9-19(18)25/h6-13,15,28H,1-5H3/t15-/m1/s1. The van der Waals surface area contributed by atoms with Crippen LogP contribution in [0.5, 0.6) is 5.75 Å². The van der Waals surface area contributed by atoms with Crippen molar-refractivity contribution in [2.24, 2.45) is 0 Å². The van der Waals surface area contributed by atoms with Gasteiger partial charge in [-0.3, -0.25) is 0 Å². The minimum atomic E-state index is -0.983. The van der Waals surface area contributed by atoms with E-state index in [-0.39, 0.29) is 22.9 Å². The van der Waals surface area contributed by atoms with Crippen LogP contribution in [0.15, 0.2) is 53.1 Å². The number of hydrogen-bond acceptors (Lipinski definition) is 7. The number of nitrogens with zero attached hydrogens (tertiary/aromatic N) is 2. The van der Waals surface area contributed by atoms with Crippen LogP contribution in [0, 0.1) is 6.92 Å². The van der Waals surface area contributed by atoms with Crippen LogP contribution in [0.1, 0.15) is 45.1 Å². The first-order valence-electron chi connectivity index (χ1n) is 10.2. The Labute approximate surface area is 196 Å². The third-order valence-electron chi connectivity index (χ3n) is 4.56. The molecule has 0 aliphatic heterocycles. The van der Waals surface area contributed by atoms with Gasteiger partial charge >= 0.3 is 12.2 Å². The minimum absolute atomic E-state index is 0.0495. The van der Waals surface area contributed by atoms with E-state index in [4.69, 9.17) is 25.6 Å². The molecule has 3 aromatic rings. The molecule has 3 rings (SSSR count). The number of benzene rings is 2. The van der Waals surface area contributed by atoms with Gasteiger partial charge < -0.3 is 19.1 Å². The summed E-state index contributed by atoms with van der Waals surface area (Å²) in [4.78, 5) is 27.2. The van der Waals surface area contributed by atoms with Gasteiger partial charge in [0, 0.05) is 16.1 Å². The maximum Gasteiger partial charge on any atom is 0.424 e. The molecule has 0 bridgehead atoms. The normalized spacial score (nSPS) is 12.2. The van der Waals surface area contributed by atoms with Crippen molar-refractivity contribution in [1.29, 1.82) is 0 Å². The van der Waals surface area contributed by atoms with Gasteiger partial charge in [0.15, 0.2) is 5.76 Å². The summed E-state index contributed by atoms with van der Waals surface area (Å²) in [5, 5.41) is 14.0. The number of phenols is 1. The van der Waals surface area contributed by atoms with Gasteiger partial charge in [0.25, 0.3) is 0 Å². The summed E-state index contributed by atoms with van der Waals surface area (Å²) in [6.07, 6.45) is -2.69. The van der Waals surface area contributed by atoms with E-state index in [1.165, 1.54) is 12.1 Å². The van der Waals surface area contributed by atoms with E-state index in [1.807, 2.05) is 0 Å². The maximum absolute atomic E-state index is 13.3. The number of imide groups is 1. The molecule has 0 aliphatic rings. The average Bonchev–Trinajstić information content (AvgIpc) is 3.09. The highest BCUT2D eigenvalue weighted by atomic mass is 35.5. The Morgan fingerprint density at radius 3 is 2.33 bits per heavy atom. The van der Waals surface area contributed by atoms with Crippen LogP contribution >= 0.6 is 11.6 Å². The smallest absolute Gasteiger partial charge is 0.424 e. The Bertz CT molecular complexity index is 1150. The molecular formula is C24H25ClN2O6. The fourth-order valence-electron chi connectivity index (χ4n) is 3.07. The molecule has 174 valence electrons. The fourth-order valence-corrected chi connectivity index (χ4v) is 3.36. The number of rotatable bonds is 4. The van der Waals surface area contributed by atoms with Gasteiger partial charge in [0.05, 0.1) is 0 Å². The number of halogens is 1. The van der Waals surface area contributed by atoms with Crippen molar-refractivity contribution in [2.45, 2.75) is 46.3 Å². The van der Waals surface area contributed by atoms with Crippen LogP contribution in [0.25, 0.3) is 11.3 Å². The van der Waals surface area contributed by atoms with Gasteiger partial charge in [-0.15, -0.1) is 0 Å². The zero-order valence-electron chi connectivity index (χ0n) is 19.0. The SMILES string of the molecule is Cc1noc(-c2ccc(O)cc2)c1N(C(=O)O[C@H](C)c1ccccc1Cl)C(=O)OC(C)(C)C. The highest BCUT2D eigenvalue weighted by Gasteiger charge is 2.36. The number of aromatic nitrogens is 1. The number of phenolic OH excluding ortho intramolecular Hbond substituents is 1. The molecule has 2 aromatic carbocycles. The Morgan fingerprint density at radius 1 is 1.09 bits per heavy atom. The average molecular weight is 473 g/mol. The highest BCUT2D eigenvalue weighted by molar-refractivity contribution is 6.31. The zero-order chi connectivity index (χ0) is 24.3. The lowest BCUT2D eigenvalue weighted by Gasteiger charge is -2.27. The zero-order valence-corrected chi connectivity index (χ0v) is 19.7. The second-order valence-electron chi connectivity index (χ2n) is 8.36. The molecule has 8 nitrogen and oxygen atoms in total. The van der Waals surface area contributed by atoms with Crippen LogP contribution in [0.2, 0.25) is 5.02 Å². The summed E-state index contributed by atoms with van der Waals surface area (Å²) >= 11 is 6.23. The monoisotopic (exact) mass is 472 g/mol. The third-order valence-corrected chi connectivity index (χ3v) is 4.91. The molecule has 0 saturated heterocycles. The van der Waals surface area contributed by atoms with Crippen LogP contribution in [0.4, 0.5) is 15.3 Å². The van der Waals surface area contributed by atoms with E-state index in [0.717, 1.165) is 4.90 Å². The first-order valence-corrected chi connectivity index (χ1v) is 10.6. The quantitative estimate of drug-likeness (QED) is 0.453. The van der Waals surface area contributed by atoms with E-state index >= 15 is 0 Å². The van der Waals surface area contributed by atoms with Gasteiger partial charge in [-0.05, 0) is 65.0 Å². The number of anilines is 1. The lowest BCUT2D eigenvalue weighted by atomic mass is 10.1. The Kier molecular flexibility index (Phi) is 6.98. The second-order valence-corrected chi connectivity index (χ2v) is 8.76. The van der Waals surface area contributed by atoms with Crippen LogP contribution in [0.3, 0.4) is 0 Å². The van der Waals surface area contributed by atoms with Gasteiger partial charge in [0.1, 0.15) is 28.8 Å². The van der Waals surface area contributed by atoms with Crippen molar-refractivity contribution in [3.8, 4) is 17.1 Å². The number of aryl methyl sites for hydroxylation is 1. The van der Waals surface area contributed by atoms with E-state index in [1.54, 1.807) is 71.0 Å². The van der Waals surface area contributed by atoms with Crippen molar-refractivity contribution < 1.29 is 28.7 Å². The van der Waals surface area contributed by atoms with E-state index in [0.29, 0.717) is 16.1 Å². The van der Waals surface area contributed by atoms with Crippen molar-refractivity contribution >= 4 is 29.5 Å². The van der Waals surface area contributed by atoms with E-state index < -0.39 is 23.9 Å². The maximum atomic E-state index is 13.3. The summed E-state index contributed by atoms with van der Waals surface area (Å²) in [5.74, 6) is 0.189. The highest BCUT2D eigenvalue weighted by Crippen LogP contribution is 2.37. The molecule has 0 fully saturated rings. The Hall–Kier alpha value is -3.52. The summed E-state index contributed by atoms with van der Waals surface area (Å²) in [7, 11) is 0. The van der Waals surface area contributed by atoms with Crippen molar-refractivity contribution in [2.75, 3.05) is 4.90 Å². The fraction of sp³-hybridized carbons (Fsp3) is 0.292. The lowest BCUT2D eigenvalue weighted by molar-refractivity contribution is 0.0546.